The van der Waals surface area contributed by atoms with Crippen LogP contribution >= 0.6 is 46.4 Å². The van der Waals surface area contributed by atoms with Gasteiger partial charge in [-0.2, -0.15) is 9.69 Å². The fourth-order valence-corrected chi connectivity index (χ4v) is 4.82. The molecule has 0 saturated heterocycles. The monoisotopic (exact) mass is 547 g/mol. The summed E-state index contributed by atoms with van der Waals surface area (Å²) in [4.78, 5) is 45.9. The predicted octanol–water partition coefficient (Wildman–Crippen LogP) is 6.58. The Balaban J connectivity index is 2.10. The molecule has 2 amide bonds. The lowest BCUT2D eigenvalue weighted by molar-refractivity contribution is 0.0857. The van der Waals surface area contributed by atoms with E-state index in [1.54, 1.807) is 30.3 Å². The average Bonchev–Trinajstić information content (AvgIpc) is 2.81. The standard InChI is InChI=1S/C25H17Cl4N3O3/c1-2-6-15-13-14-7-5-12-30-22(14)31(23(15)33)32(24(34)20-16(26)8-3-9-17(20)27)25(35)21-18(28)10-4-11-19(21)29/h3-5,7-13H,2,6H2,1H3. The van der Waals surface area contributed by atoms with Gasteiger partial charge >= 0.3 is 0 Å². The molecule has 0 radical (unpaired) electrons. The maximum Gasteiger partial charge on any atom is 0.283 e. The van der Waals surface area contributed by atoms with Crippen molar-refractivity contribution in [1.82, 2.24) is 9.66 Å². The maximum absolute atomic E-state index is 14.0. The molecule has 178 valence electrons. The molecule has 4 rings (SSSR count). The lowest BCUT2D eigenvalue weighted by atomic mass is 10.1. The number of fused-ring (bicyclic) bond motifs is 1. The van der Waals surface area contributed by atoms with Crippen molar-refractivity contribution in [3.05, 3.63) is 108 Å². The molecule has 0 aliphatic rings. The third-order valence-electron chi connectivity index (χ3n) is 5.27. The van der Waals surface area contributed by atoms with Gasteiger partial charge in [0.25, 0.3) is 17.4 Å². The van der Waals surface area contributed by atoms with Gasteiger partial charge in [0.1, 0.15) is 0 Å². The first kappa shape index (κ1) is 25.2. The van der Waals surface area contributed by atoms with Gasteiger partial charge in [-0.1, -0.05) is 71.9 Å². The summed E-state index contributed by atoms with van der Waals surface area (Å²) in [5.74, 6) is -1.88. The van der Waals surface area contributed by atoms with Gasteiger partial charge in [0.2, 0.25) is 0 Å². The van der Waals surface area contributed by atoms with Crippen LogP contribution in [0.15, 0.2) is 65.6 Å². The number of nitrogens with zero attached hydrogens (tertiary/aromatic N) is 3. The Labute approximate surface area is 220 Å². The van der Waals surface area contributed by atoms with E-state index in [0.717, 1.165) is 4.68 Å². The largest absolute Gasteiger partial charge is 0.283 e. The first-order valence-corrected chi connectivity index (χ1v) is 12.0. The van der Waals surface area contributed by atoms with E-state index >= 15 is 0 Å². The number of benzene rings is 2. The van der Waals surface area contributed by atoms with E-state index in [1.165, 1.54) is 30.5 Å². The van der Waals surface area contributed by atoms with Gasteiger partial charge in [0, 0.05) is 17.1 Å². The van der Waals surface area contributed by atoms with Crippen molar-refractivity contribution in [2.45, 2.75) is 19.8 Å². The van der Waals surface area contributed by atoms with Gasteiger partial charge in [-0.05, 0) is 48.9 Å². The van der Waals surface area contributed by atoms with Crippen molar-refractivity contribution in [2.75, 3.05) is 5.01 Å². The molecular weight excluding hydrogens is 532 g/mol. The van der Waals surface area contributed by atoms with Crippen LogP contribution in [0.25, 0.3) is 11.0 Å². The topological polar surface area (TPSA) is 72.3 Å². The Bertz CT molecular complexity index is 1430. The van der Waals surface area contributed by atoms with Gasteiger partial charge in [-0.15, -0.1) is 0 Å². The molecule has 0 bridgehead atoms. The highest BCUT2D eigenvalue weighted by atomic mass is 35.5. The highest BCUT2D eigenvalue weighted by Gasteiger charge is 2.34. The van der Waals surface area contributed by atoms with Crippen LogP contribution in [0, 0.1) is 0 Å². The summed E-state index contributed by atoms with van der Waals surface area (Å²) in [6, 6.07) is 14.1. The van der Waals surface area contributed by atoms with Crippen molar-refractivity contribution in [1.29, 1.82) is 0 Å². The fourth-order valence-electron chi connectivity index (χ4n) is 3.70. The van der Waals surface area contributed by atoms with Crippen LogP contribution in [0.3, 0.4) is 0 Å². The molecule has 0 aliphatic heterocycles. The normalized spacial score (nSPS) is 11.0. The summed E-state index contributed by atoms with van der Waals surface area (Å²) < 4.78 is 0.935. The number of hydrogen-bond acceptors (Lipinski definition) is 4. The molecule has 2 aromatic carbocycles. The fraction of sp³-hybridized carbons (Fsp3) is 0.120. The third kappa shape index (κ3) is 4.67. The lowest BCUT2D eigenvalue weighted by Crippen LogP contribution is -2.51. The van der Waals surface area contributed by atoms with Gasteiger partial charge in [0.05, 0.1) is 31.2 Å². The zero-order valence-corrected chi connectivity index (χ0v) is 21.3. The Hall–Kier alpha value is -2.90. The number of imide groups is 1. The zero-order valence-electron chi connectivity index (χ0n) is 18.3. The van der Waals surface area contributed by atoms with E-state index in [0.29, 0.717) is 28.8 Å². The molecule has 0 saturated carbocycles. The molecular formula is C25H17Cl4N3O3. The van der Waals surface area contributed by atoms with Crippen LogP contribution < -0.4 is 10.6 Å². The minimum absolute atomic E-state index is 0.000539. The number of aryl methyl sites for hydroxylation is 1. The molecule has 35 heavy (non-hydrogen) atoms. The smallest absolute Gasteiger partial charge is 0.267 e. The van der Waals surface area contributed by atoms with Crippen molar-refractivity contribution in [2.24, 2.45) is 0 Å². The Kier molecular flexibility index (Phi) is 7.47. The summed E-state index contributed by atoms with van der Waals surface area (Å²) in [5, 5.41) is 1.20. The summed E-state index contributed by atoms with van der Waals surface area (Å²) in [6.07, 6.45) is 2.53. The summed E-state index contributed by atoms with van der Waals surface area (Å²) in [7, 11) is 0. The quantitative estimate of drug-likeness (QED) is 0.264. The molecule has 4 aromatic rings. The maximum atomic E-state index is 14.0. The number of carbonyl (C=O) groups is 2. The molecule has 0 atom stereocenters. The van der Waals surface area contributed by atoms with E-state index in [4.69, 9.17) is 46.4 Å². The lowest BCUT2D eigenvalue weighted by Gasteiger charge is -2.26. The highest BCUT2D eigenvalue weighted by Crippen LogP contribution is 2.30. The number of carbonyl (C=O) groups excluding carboxylic acids is 2. The van der Waals surface area contributed by atoms with E-state index in [1.807, 2.05) is 6.92 Å². The van der Waals surface area contributed by atoms with Crippen LogP contribution in [0.4, 0.5) is 0 Å². The van der Waals surface area contributed by atoms with Gasteiger partial charge in [-0.3, -0.25) is 14.4 Å². The van der Waals surface area contributed by atoms with Crippen molar-refractivity contribution >= 4 is 69.3 Å². The van der Waals surface area contributed by atoms with E-state index in [-0.39, 0.29) is 36.9 Å². The van der Waals surface area contributed by atoms with Gasteiger partial charge in [0.15, 0.2) is 5.65 Å². The minimum Gasteiger partial charge on any atom is -0.267 e. The second-order valence-corrected chi connectivity index (χ2v) is 9.20. The molecule has 10 heteroatoms. The predicted molar refractivity (Wildman–Crippen MR) is 140 cm³/mol. The number of aromatic nitrogens is 2. The summed E-state index contributed by atoms with van der Waals surface area (Å²) in [5.41, 5.74) is -0.431. The van der Waals surface area contributed by atoms with Gasteiger partial charge < -0.3 is 0 Å². The second-order valence-electron chi connectivity index (χ2n) is 7.57. The van der Waals surface area contributed by atoms with Crippen LogP contribution in [0.1, 0.15) is 39.6 Å². The average molecular weight is 549 g/mol. The van der Waals surface area contributed by atoms with Crippen LogP contribution in [0.5, 0.6) is 0 Å². The number of amides is 2. The second kappa shape index (κ2) is 10.4. The third-order valence-corrected chi connectivity index (χ3v) is 6.53. The number of rotatable bonds is 5. The van der Waals surface area contributed by atoms with Crippen molar-refractivity contribution in [3.8, 4) is 0 Å². The van der Waals surface area contributed by atoms with E-state index in [9.17, 15) is 14.4 Å². The molecule has 0 unspecified atom stereocenters. The Morgan fingerprint density at radius 2 is 1.37 bits per heavy atom. The minimum atomic E-state index is -0.940. The first-order valence-electron chi connectivity index (χ1n) is 10.5. The van der Waals surface area contributed by atoms with E-state index in [2.05, 4.69) is 4.98 Å². The highest BCUT2D eigenvalue weighted by molar-refractivity contribution is 6.44. The molecule has 0 N–H and O–H groups in total. The van der Waals surface area contributed by atoms with Crippen LogP contribution in [-0.2, 0) is 6.42 Å². The number of pyridine rings is 2. The summed E-state index contributed by atoms with van der Waals surface area (Å²) in [6.45, 7) is 1.92. The molecule has 2 aromatic heterocycles. The molecule has 0 spiro atoms. The van der Waals surface area contributed by atoms with Gasteiger partial charge in [-0.25, -0.2) is 4.98 Å². The summed E-state index contributed by atoms with van der Waals surface area (Å²) >= 11 is 25.2. The zero-order chi connectivity index (χ0) is 25.3. The first-order chi connectivity index (χ1) is 16.8. The molecule has 6 nitrogen and oxygen atoms in total. The number of hydrogen-bond donors (Lipinski definition) is 0. The van der Waals surface area contributed by atoms with Crippen molar-refractivity contribution in [3.63, 3.8) is 0 Å². The van der Waals surface area contributed by atoms with Crippen LogP contribution in [-0.4, -0.2) is 21.5 Å². The molecule has 0 aliphatic carbocycles. The van der Waals surface area contributed by atoms with Crippen LogP contribution in [0.2, 0.25) is 20.1 Å². The molecule has 0 fully saturated rings. The van der Waals surface area contributed by atoms with E-state index < -0.39 is 17.4 Å². The molecule has 2 heterocycles. The van der Waals surface area contributed by atoms with Crippen molar-refractivity contribution < 1.29 is 9.59 Å². The number of halogens is 4. The Morgan fingerprint density at radius 1 is 0.857 bits per heavy atom. The Morgan fingerprint density at radius 3 is 1.86 bits per heavy atom. The SMILES string of the molecule is CCCc1cc2cccnc2n(N(C(=O)c2c(Cl)cccc2Cl)C(=O)c2c(Cl)cccc2Cl)c1=O.